The molecule has 0 amide bonds. The van der Waals surface area contributed by atoms with Crippen molar-refractivity contribution in [1.82, 2.24) is 5.32 Å². The van der Waals surface area contributed by atoms with Gasteiger partial charge in [0.15, 0.2) is 11.6 Å². The van der Waals surface area contributed by atoms with E-state index in [2.05, 4.69) is 45.5 Å². The summed E-state index contributed by atoms with van der Waals surface area (Å²) in [6.45, 7) is 4.79. The first-order valence-electron chi connectivity index (χ1n) is 6.95. The topological polar surface area (TPSA) is 12.0 Å². The Kier molecular flexibility index (Phi) is 5.48. The van der Waals surface area contributed by atoms with Gasteiger partial charge in [-0.1, -0.05) is 42.8 Å². The Hall–Kier alpha value is -1.26. The second-order valence-electron chi connectivity index (χ2n) is 5.06. The van der Waals surface area contributed by atoms with E-state index in [0.29, 0.717) is 0 Å². The van der Waals surface area contributed by atoms with Crippen LogP contribution in [0.25, 0.3) is 0 Å². The molecule has 0 aliphatic rings. The maximum absolute atomic E-state index is 13.7. The van der Waals surface area contributed by atoms with Crippen LogP contribution in [0.15, 0.2) is 40.9 Å². The summed E-state index contributed by atoms with van der Waals surface area (Å²) >= 11 is 3.17. The standard InChI is InChI=1S/C17H18BrF2N/c1-3-21-15(10-12-6-4-11(2)5-7-12)13-8-9-14(19)17(20)16(13)18/h4-9,15,21H,3,10H2,1-2H3. The van der Waals surface area contributed by atoms with Crippen molar-refractivity contribution < 1.29 is 8.78 Å². The first-order chi connectivity index (χ1) is 10.0. The average Bonchev–Trinajstić information content (AvgIpc) is 2.47. The van der Waals surface area contributed by atoms with E-state index in [4.69, 9.17) is 0 Å². The van der Waals surface area contributed by atoms with E-state index in [-0.39, 0.29) is 10.5 Å². The number of hydrogen-bond acceptors (Lipinski definition) is 1. The maximum atomic E-state index is 13.7. The molecule has 0 aromatic heterocycles. The Morgan fingerprint density at radius 1 is 1.10 bits per heavy atom. The van der Waals surface area contributed by atoms with Gasteiger partial charge in [-0.3, -0.25) is 0 Å². The largest absolute Gasteiger partial charge is 0.310 e. The summed E-state index contributed by atoms with van der Waals surface area (Å²) in [5, 5.41) is 3.33. The quantitative estimate of drug-likeness (QED) is 0.751. The van der Waals surface area contributed by atoms with Crippen LogP contribution in [0.1, 0.15) is 29.7 Å². The second-order valence-corrected chi connectivity index (χ2v) is 5.86. The van der Waals surface area contributed by atoms with E-state index < -0.39 is 11.6 Å². The number of benzene rings is 2. The minimum atomic E-state index is -0.837. The highest BCUT2D eigenvalue weighted by atomic mass is 79.9. The average molecular weight is 354 g/mol. The van der Waals surface area contributed by atoms with Gasteiger partial charge in [0, 0.05) is 6.04 Å². The molecule has 2 aromatic rings. The molecule has 2 rings (SSSR count). The second kappa shape index (κ2) is 7.14. The fourth-order valence-electron chi connectivity index (χ4n) is 2.31. The van der Waals surface area contributed by atoms with Gasteiger partial charge >= 0.3 is 0 Å². The third-order valence-corrected chi connectivity index (χ3v) is 4.26. The fraction of sp³-hybridized carbons (Fsp3) is 0.294. The van der Waals surface area contributed by atoms with Crippen LogP contribution >= 0.6 is 15.9 Å². The molecule has 4 heteroatoms. The van der Waals surface area contributed by atoms with Crippen LogP contribution in [0.4, 0.5) is 8.78 Å². The molecule has 0 aliphatic heterocycles. The number of aryl methyl sites for hydroxylation is 1. The van der Waals surface area contributed by atoms with Gasteiger partial charge in [0.05, 0.1) is 4.47 Å². The molecule has 0 radical (unpaired) electrons. The molecular weight excluding hydrogens is 336 g/mol. The van der Waals surface area contributed by atoms with Gasteiger partial charge in [-0.25, -0.2) is 8.78 Å². The Morgan fingerprint density at radius 3 is 2.38 bits per heavy atom. The van der Waals surface area contributed by atoms with Crippen LogP contribution < -0.4 is 5.32 Å². The normalized spacial score (nSPS) is 12.4. The highest BCUT2D eigenvalue weighted by molar-refractivity contribution is 9.10. The van der Waals surface area contributed by atoms with Crippen molar-refractivity contribution in [2.75, 3.05) is 6.54 Å². The van der Waals surface area contributed by atoms with Crippen molar-refractivity contribution in [3.63, 3.8) is 0 Å². The van der Waals surface area contributed by atoms with Gasteiger partial charge in [0.2, 0.25) is 0 Å². The minimum Gasteiger partial charge on any atom is -0.310 e. The Labute approximate surface area is 132 Å². The SMILES string of the molecule is CCNC(Cc1ccc(C)cc1)c1ccc(F)c(F)c1Br. The summed E-state index contributed by atoms with van der Waals surface area (Å²) in [7, 11) is 0. The lowest BCUT2D eigenvalue weighted by Gasteiger charge is -2.20. The van der Waals surface area contributed by atoms with E-state index >= 15 is 0 Å². The molecule has 112 valence electrons. The van der Waals surface area contributed by atoms with Gasteiger partial charge in [0.1, 0.15) is 0 Å². The van der Waals surface area contributed by atoms with Crippen LogP contribution in [-0.2, 0) is 6.42 Å². The zero-order valence-corrected chi connectivity index (χ0v) is 13.7. The van der Waals surface area contributed by atoms with Crippen molar-refractivity contribution in [3.8, 4) is 0 Å². The zero-order valence-electron chi connectivity index (χ0n) is 12.1. The molecule has 2 aromatic carbocycles. The van der Waals surface area contributed by atoms with E-state index in [9.17, 15) is 8.78 Å². The molecule has 0 aliphatic carbocycles. The van der Waals surface area contributed by atoms with Gasteiger partial charge in [-0.05, 0) is 53.0 Å². The van der Waals surface area contributed by atoms with Gasteiger partial charge < -0.3 is 5.32 Å². The van der Waals surface area contributed by atoms with E-state index in [1.54, 1.807) is 6.07 Å². The van der Waals surface area contributed by atoms with Crippen molar-refractivity contribution in [1.29, 1.82) is 0 Å². The Morgan fingerprint density at radius 2 is 1.76 bits per heavy atom. The molecule has 0 heterocycles. The van der Waals surface area contributed by atoms with Crippen LogP contribution in [0.5, 0.6) is 0 Å². The van der Waals surface area contributed by atoms with Crippen molar-refractivity contribution in [2.45, 2.75) is 26.3 Å². The lowest BCUT2D eigenvalue weighted by Crippen LogP contribution is -2.23. The van der Waals surface area contributed by atoms with Crippen LogP contribution in [0.3, 0.4) is 0 Å². The zero-order chi connectivity index (χ0) is 15.4. The van der Waals surface area contributed by atoms with E-state index in [0.717, 1.165) is 24.1 Å². The first-order valence-corrected chi connectivity index (χ1v) is 7.74. The number of halogens is 3. The number of nitrogens with one attached hydrogen (secondary N) is 1. The molecule has 1 N–H and O–H groups in total. The number of hydrogen-bond donors (Lipinski definition) is 1. The predicted molar refractivity (Wildman–Crippen MR) is 85.4 cm³/mol. The maximum Gasteiger partial charge on any atom is 0.173 e. The lowest BCUT2D eigenvalue weighted by molar-refractivity contribution is 0.491. The minimum absolute atomic E-state index is 0.0674. The lowest BCUT2D eigenvalue weighted by atomic mass is 9.98. The van der Waals surface area contributed by atoms with Crippen LogP contribution in [0.2, 0.25) is 0 Å². The molecule has 0 saturated heterocycles. The van der Waals surface area contributed by atoms with Crippen LogP contribution in [-0.4, -0.2) is 6.54 Å². The predicted octanol–water partition coefficient (Wildman–Crippen LogP) is 4.93. The van der Waals surface area contributed by atoms with E-state index in [1.165, 1.54) is 11.6 Å². The molecule has 0 fully saturated rings. The third-order valence-electron chi connectivity index (χ3n) is 3.45. The monoisotopic (exact) mass is 353 g/mol. The Balaban J connectivity index is 2.30. The highest BCUT2D eigenvalue weighted by Gasteiger charge is 2.18. The molecule has 0 saturated carbocycles. The summed E-state index contributed by atoms with van der Waals surface area (Å²) in [6.07, 6.45) is 0.720. The Bertz CT molecular complexity index is 611. The first kappa shape index (κ1) is 16.1. The van der Waals surface area contributed by atoms with E-state index in [1.807, 2.05) is 13.8 Å². The van der Waals surface area contributed by atoms with Crippen LogP contribution in [0, 0.1) is 18.6 Å². The number of likely N-dealkylation sites (N-methyl/N-ethyl adjacent to an activating group) is 1. The smallest absolute Gasteiger partial charge is 0.173 e. The molecular formula is C17H18BrF2N. The molecule has 1 unspecified atom stereocenters. The van der Waals surface area contributed by atoms with Crippen molar-refractivity contribution in [2.24, 2.45) is 0 Å². The summed E-state index contributed by atoms with van der Waals surface area (Å²) < 4.78 is 27.2. The summed E-state index contributed by atoms with van der Waals surface area (Å²) in [5.41, 5.74) is 3.09. The molecule has 0 spiro atoms. The van der Waals surface area contributed by atoms with Crippen molar-refractivity contribution in [3.05, 3.63) is 69.2 Å². The summed E-state index contributed by atoms with van der Waals surface area (Å²) in [4.78, 5) is 0. The molecule has 1 nitrogen and oxygen atoms in total. The molecule has 0 bridgehead atoms. The van der Waals surface area contributed by atoms with Gasteiger partial charge in [-0.2, -0.15) is 0 Å². The summed E-state index contributed by atoms with van der Waals surface area (Å²) in [5.74, 6) is -1.67. The van der Waals surface area contributed by atoms with Gasteiger partial charge in [-0.15, -0.1) is 0 Å². The van der Waals surface area contributed by atoms with Crippen molar-refractivity contribution >= 4 is 15.9 Å². The fourth-order valence-corrected chi connectivity index (χ4v) is 2.91. The third kappa shape index (κ3) is 3.89. The summed E-state index contributed by atoms with van der Waals surface area (Å²) in [6, 6.07) is 11.0. The molecule has 21 heavy (non-hydrogen) atoms. The highest BCUT2D eigenvalue weighted by Crippen LogP contribution is 2.30. The molecule has 1 atom stereocenters. The number of rotatable bonds is 5. The van der Waals surface area contributed by atoms with Gasteiger partial charge in [0.25, 0.3) is 0 Å².